The Kier molecular flexibility index (Phi) is 3.52. The summed E-state index contributed by atoms with van der Waals surface area (Å²) in [7, 11) is 0. The average molecular weight is 182 g/mol. The smallest absolute Gasteiger partial charge is 0.417 e. The van der Waals surface area contributed by atoms with E-state index in [0.29, 0.717) is 13.2 Å². The molecule has 2 N–H and O–H groups in total. The molecule has 4 nitrogen and oxygen atoms in total. The molecular weight excluding hydrogens is 168 g/mol. The first kappa shape index (κ1) is 9.80. The summed E-state index contributed by atoms with van der Waals surface area (Å²) < 4.78 is 6.24. The second kappa shape index (κ2) is 4.67. The highest BCUT2D eigenvalue weighted by atomic mass is 16.5. The summed E-state index contributed by atoms with van der Waals surface area (Å²) in [5.41, 5.74) is 6.43. The lowest BCUT2D eigenvalue weighted by atomic mass is 10.2. The van der Waals surface area contributed by atoms with E-state index in [4.69, 9.17) is 10.5 Å². The topological polar surface area (TPSA) is 57.2 Å². The van der Waals surface area contributed by atoms with Crippen LogP contribution in [0.2, 0.25) is 0 Å². The third-order valence-electron chi connectivity index (χ3n) is 1.67. The Morgan fingerprint density at radius 1 is 1.69 bits per heavy atom. The number of hydrogen-bond donors (Lipinski definition) is 1. The van der Waals surface area contributed by atoms with Gasteiger partial charge in [-0.25, -0.2) is 4.79 Å². The van der Waals surface area contributed by atoms with E-state index in [0.717, 1.165) is 12.0 Å². The SMILES string of the molecule is CCOC(=O)n1ccc(CCN)c1. The van der Waals surface area contributed by atoms with Gasteiger partial charge in [-0.15, -0.1) is 0 Å². The zero-order valence-corrected chi connectivity index (χ0v) is 7.69. The van der Waals surface area contributed by atoms with E-state index >= 15 is 0 Å². The fourth-order valence-electron chi connectivity index (χ4n) is 1.07. The van der Waals surface area contributed by atoms with Gasteiger partial charge in [0.25, 0.3) is 0 Å². The van der Waals surface area contributed by atoms with Gasteiger partial charge in [0.05, 0.1) is 6.61 Å². The number of aromatic nitrogens is 1. The summed E-state index contributed by atoms with van der Waals surface area (Å²) in [5, 5.41) is 0. The Bertz CT molecular complexity index is 281. The first-order chi connectivity index (χ1) is 6.27. The van der Waals surface area contributed by atoms with Gasteiger partial charge >= 0.3 is 6.09 Å². The van der Waals surface area contributed by atoms with Gasteiger partial charge in [-0.2, -0.15) is 0 Å². The quantitative estimate of drug-likeness (QED) is 0.758. The van der Waals surface area contributed by atoms with Crippen LogP contribution >= 0.6 is 0 Å². The highest BCUT2D eigenvalue weighted by molar-refractivity contribution is 5.70. The average Bonchev–Trinajstić information content (AvgIpc) is 2.54. The van der Waals surface area contributed by atoms with Crippen LogP contribution in [-0.4, -0.2) is 23.8 Å². The Hall–Kier alpha value is -1.29. The van der Waals surface area contributed by atoms with Crippen molar-refractivity contribution >= 4 is 6.09 Å². The zero-order chi connectivity index (χ0) is 9.68. The summed E-state index contributed by atoms with van der Waals surface area (Å²) >= 11 is 0. The zero-order valence-electron chi connectivity index (χ0n) is 7.69. The number of rotatable bonds is 3. The first-order valence-electron chi connectivity index (χ1n) is 4.32. The van der Waals surface area contributed by atoms with Crippen molar-refractivity contribution in [1.82, 2.24) is 4.57 Å². The number of hydrogen-bond acceptors (Lipinski definition) is 3. The molecule has 0 aromatic carbocycles. The fourth-order valence-corrected chi connectivity index (χ4v) is 1.07. The third kappa shape index (κ3) is 2.59. The predicted octanol–water partition coefficient (Wildman–Crippen LogP) is 0.994. The number of carbonyl (C=O) groups excluding carboxylic acids is 1. The highest BCUT2D eigenvalue weighted by Gasteiger charge is 2.04. The van der Waals surface area contributed by atoms with Crippen LogP contribution in [0, 0.1) is 0 Å². The first-order valence-corrected chi connectivity index (χ1v) is 4.32. The van der Waals surface area contributed by atoms with Crippen molar-refractivity contribution in [2.24, 2.45) is 5.73 Å². The summed E-state index contributed by atoms with van der Waals surface area (Å²) in [6.07, 6.45) is 3.87. The van der Waals surface area contributed by atoms with Crippen molar-refractivity contribution in [3.8, 4) is 0 Å². The maximum atomic E-state index is 11.2. The molecule has 0 radical (unpaired) electrons. The molecule has 0 aliphatic heterocycles. The molecule has 4 heteroatoms. The second-order valence-corrected chi connectivity index (χ2v) is 2.66. The molecule has 0 bridgehead atoms. The molecule has 1 aromatic rings. The van der Waals surface area contributed by atoms with Crippen LogP contribution in [0.4, 0.5) is 4.79 Å². The molecule has 72 valence electrons. The van der Waals surface area contributed by atoms with Crippen LogP contribution in [0.1, 0.15) is 12.5 Å². The minimum Gasteiger partial charge on any atom is -0.449 e. The van der Waals surface area contributed by atoms with Gasteiger partial charge < -0.3 is 10.5 Å². The van der Waals surface area contributed by atoms with Crippen molar-refractivity contribution in [1.29, 1.82) is 0 Å². The molecule has 1 rings (SSSR count). The van der Waals surface area contributed by atoms with E-state index < -0.39 is 0 Å². The molecule has 0 saturated carbocycles. The van der Waals surface area contributed by atoms with Crippen LogP contribution in [0.3, 0.4) is 0 Å². The molecule has 0 aliphatic carbocycles. The van der Waals surface area contributed by atoms with Crippen LogP contribution in [0.5, 0.6) is 0 Å². The second-order valence-electron chi connectivity index (χ2n) is 2.66. The van der Waals surface area contributed by atoms with E-state index in [-0.39, 0.29) is 6.09 Å². The van der Waals surface area contributed by atoms with E-state index in [1.165, 1.54) is 4.57 Å². The summed E-state index contributed by atoms with van der Waals surface area (Å²) in [6, 6.07) is 1.86. The molecule has 1 aromatic heterocycles. The number of nitrogens with zero attached hydrogens (tertiary/aromatic N) is 1. The van der Waals surface area contributed by atoms with Crippen LogP contribution < -0.4 is 5.73 Å². The summed E-state index contributed by atoms with van der Waals surface area (Å²) in [6.45, 7) is 2.76. The molecule has 0 amide bonds. The molecule has 0 spiro atoms. The van der Waals surface area contributed by atoms with Crippen molar-refractivity contribution in [3.05, 3.63) is 24.0 Å². The minimum atomic E-state index is -0.342. The van der Waals surface area contributed by atoms with Gasteiger partial charge in [0.15, 0.2) is 0 Å². The van der Waals surface area contributed by atoms with E-state index in [1.54, 1.807) is 19.3 Å². The third-order valence-corrected chi connectivity index (χ3v) is 1.67. The van der Waals surface area contributed by atoms with Crippen LogP contribution in [0.25, 0.3) is 0 Å². The maximum absolute atomic E-state index is 11.2. The number of nitrogens with two attached hydrogens (primary N) is 1. The highest BCUT2D eigenvalue weighted by Crippen LogP contribution is 2.02. The van der Waals surface area contributed by atoms with Crippen molar-refractivity contribution in [2.75, 3.05) is 13.2 Å². The van der Waals surface area contributed by atoms with Gasteiger partial charge in [-0.1, -0.05) is 0 Å². The normalized spacial score (nSPS) is 10.0. The molecule has 0 saturated heterocycles. The minimum absolute atomic E-state index is 0.342. The lowest BCUT2D eigenvalue weighted by Gasteiger charge is -2.00. The molecule has 0 fully saturated rings. The van der Waals surface area contributed by atoms with Crippen LogP contribution in [0.15, 0.2) is 18.5 Å². The molecule has 0 unspecified atom stereocenters. The number of ether oxygens (including phenoxy) is 1. The van der Waals surface area contributed by atoms with Crippen molar-refractivity contribution in [2.45, 2.75) is 13.3 Å². The van der Waals surface area contributed by atoms with Gasteiger partial charge in [-0.05, 0) is 31.5 Å². The standard InChI is InChI=1S/C9H14N2O2/c1-2-13-9(12)11-6-4-8(7-11)3-5-10/h4,6-7H,2-3,5,10H2,1H3. The van der Waals surface area contributed by atoms with E-state index in [1.807, 2.05) is 6.07 Å². The van der Waals surface area contributed by atoms with E-state index in [2.05, 4.69) is 0 Å². The van der Waals surface area contributed by atoms with Crippen LogP contribution in [-0.2, 0) is 11.2 Å². The maximum Gasteiger partial charge on any atom is 0.417 e. The predicted molar refractivity (Wildman–Crippen MR) is 49.6 cm³/mol. The lowest BCUT2D eigenvalue weighted by Crippen LogP contribution is -2.11. The Labute approximate surface area is 77.3 Å². The molecule has 13 heavy (non-hydrogen) atoms. The Morgan fingerprint density at radius 2 is 2.46 bits per heavy atom. The van der Waals surface area contributed by atoms with Crippen molar-refractivity contribution in [3.63, 3.8) is 0 Å². The number of carbonyl (C=O) groups is 1. The Balaban J connectivity index is 2.62. The van der Waals surface area contributed by atoms with Crippen molar-refractivity contribution < 1.29 is 9.53 Å². The molecule has 0 atom stereocenters. The molecular formula is C9H14N2O2. The Morgan fingerprint density at radius 3 is 3.08 bits per heavy atom. The summed E-state index contributed by atoms with van der Waals surface area (Å²) in [5.74, 6) is 0. The molecule has 1 heterocycles. The summed E-state index contributed by atoms with van der Waals surface area (Å²) in [4.78, 5) is 11.2. The van der Waals surface area contributed by atoms with Gasteiger partial charge in [-0.3, -0.25) is 4.57 Å². The molecule has 0 aliphatic rings. The lowest BCUT2D eigenvalue weighted by molar-refractivity contribution is 0.154. The van der Waals surface area contributed by atoms with Gasteiger partial charge in [0.1, 0.15) is 0 Å². The monoisotopic (exact) mass is 182 g/mol. The van der Waals surface area contributed by atoms with Gasteiger partial charge in [0.2, 0.25) is 0 Å². The fraction of sp³-hybridized carbons (Fsp3) is 0.444. The van der Waals surface area contributed by atoms with E-state index in [9.17, 15) is 4.79 Å². The van der Waals surface area contributed by atoms with Gasteiger partial charge in [0, 0.05) is 12.4 Å². The largest absolute Gasteiger partial charge is 0.449 e.